The zero-order valence-electron chi connectivity index (χ0n) is 11.7. The number of anilines is 2. The molecule has 22 heavy (non-hydrogen) atoms. The third-order valence-corrected chi connectivity index (χ3v) is 4.40. The van der Waals surface area contributed by atoms with Gasteiger partial charge in [0.15, 0.2) is 5.69 Å². The lowest BCUT2D eigenvalue weighted by molar-refractivity contribution is 0.0594. The van der Waals surface area contributed by atoms with Gasteiger partial charge in [-0.15, -0.1) is 0 Å². The number of nitrogens with two attached hydrogens (primary N) is 2. The van der Waals surface area contributed by atoms with Crippen molar-refractivity contribution in [1.29, 1.82) is 0 Å². The van der Waals surface area contributed by atoms with Crippen LogP contribution in [0.5, 0.6) is 0 Å². The number of nitrogens with zero attached hydrogens (tertiary/aromatic N) is 1. The van der Waals surface area contributed by atoms with Gasteiger partial charge in [-0.3, -0.25) is 0 Å². The predicted molar refractivity (Wildman–Crippen MR) is 89.6 cm³/mol. The van der Waals surface area contributed by atoms with Crippen molar-refractivity contribution in [3.05, 3.63) is 38.5 Å². The number of benzene rings is 1. The summed E-state index contributed by atoms with van der Waals surface area (Å²) in [6.45, 7) is 1.74. The zero-order valence-corrected chi connectivity index (χ0v) is 14.0. The lowest BCUT2D eigenvalue weighted by Gasteiger charge is -2.13. The van der Waals surface area contributed by atoms with E-state index in [0.717, 1.165) is 0 Å². The first-order valence-corrected chi connectivity index (χ1v) is 7.20. The molecule has 0 aliphatic carbocycles. The molecule has 1 aromatic carbocycles. The van der Waals surface area contributed by atoms with Crippen molar-refractivity contribution in [3.63, 3.8) is 0 Å². The Bertz CT molecular complexity index is 779. The van der Waals surface area contributed by atoms with E-state index >= 15 is 0 Å². The topological polar surface area (TPSA) is 91.2 Å². The van der Waals surface area contributed by atoms with Gasteiger partial charge in [0.05, 0.1) is 34.2 Å². The SMILES string of the molecule is COC(=O)c1nc(-c2cc(Cl)c(C)c(Cl)c2N)cc(N)c1Cl. The van der Waals surface area contributed by atoms with E-state index in [1.54, 1.807) is 13.0 Å². The minimum Gasteiger partial charge on any atom is -0.464 e. The van der Waals surface area contributed by atoms with Gasteiger partial charge in [-0.2, -0.15) is 0 Å². The molecule has 0 saturated heterocycles. The quantitative estimate of drug-likeness (QED) is 0.624. The second-order valence-corrected chi connectivity index (χ2v) is 5.67. The first kappa shape index (κ1) is 16.7. The smallest absolute Gasteiger partial charge is 0.358 e. The second-order valence-electron chi connectivity index (χ2n) is 4.51. The molecule has 2 rings (SSSR count). The van der Waals surface area contributed by atoms with Gasteiger partial charge < -0.3 is 16.2 Å². The Labute approximate surface area is 142 Å². The molecule has 0 saturated carbocycles. The Morgan fingerprint density at radius 1 is 1.18 bits per heavy atom. The fourth-order valence-electron chi connectivity index (χ4n) is 1.87. The summed E-state index contributed by atoms with van der Waals surface area (Å²) >= 11 is 18.3. The number of nitrogen functional groups attached to an aromatic ring is 2. The van der Waals surface area contributed by atoms with Gasteiger partial charge in [0.25, 0.3) is 0 Å². The molecular weight excluding hydrogens is 349 g/mol. The van der Waals surface area contributed by atoms with Crippen LogP contribution >= 0.6 is 34.8 Å². The van der Waals surface area contributed by atoms with E-state index in [-0.39, 0.29) is 22.1 Å². The zero-order chi connectivity index (χ0) is 16.6. The number of aromatic nitrogens is 1. The molecule has 8 heteroatoms. The highest BCUT2D eigenvalue weighted by Crippen LogP contribution is 2.39. The number of rotatable bonds is 2. The minimum atomic E-state index is -0.707. The first-order valence-electron chi connectivity index (χ1n) is 6.06. The first-order chi connectivity index (χ1) is 10.3. The molecule has 1 aromatic heterocycles. The molecule has 0 unspecified atom stereocenters. The number of carbonyl (C=O) groups excluding carboxylic acids is 1. The molecule has 2 aromatic rings. The summed E-state index contributed by atoms with van der Waals surface area (Å²) in [7, 11) is 1.22. The Balaban J connectivity index is 2.74. The van der Waals surface area contributed by atoms with Crippen molar-refractivity contribution in [1.82, 2.24) is 4.98 Å². The maximum Gasteiger partial charge on any atom is 0.358 e. The van der Waals surface area contributed by atoms with Crippen LogP contribution in [0.15, 0.2) is 12.1 Å². The number of hydrogen-bond acceptors (Lipinski definition) is 5. The van der Waals surface area contributed by atoms with Crippen LogP contribution in [0.3, 0.4) is 0 Å². The second kappa shape index (κ2) is 6.20. The van der Waals surface area contributed by atoms with Gasteiger partial charge in [0, 0.05) is 10.6 Å². The summed E-state index contributed by atoms with van der Waals surface area (Å²) in [5, 5.41) is 0.750. The third kappa shape index (κ3) is 2.79. The fraction of sp³-hybridized carbons (Fsp3) is 0.143. The predicted octanol–water partition coefficient (Wildman–Crippen LogP) is 3.97. The molecule has 0 atom stereocenters. The number of ether oxygens (including phenoxy) is 1. The summed E-state index contributed by atoms with van der Waals surface area (Å²) in [4.78, 5) is 15.9. The molecule has 4 N–H and O–H groups in total. The highest BCUT2D eigenvalue weighted by atomic mass is 35.5. The van der Waals surface area contributed by atoms with E-state index in [1.807, 2.05) is 0 Å². The Hall–Kier alpha value is -1.69. The molecule has 0 bridgehead atoms. The largest absolute Gasteiger partial charge is 0.464 e. The minimum absolute atomic E-state index is 0.0125. The van der Waals surface area contributed by atoms with Crippen LogP contribution in [0.1, 0.15) is 16.1 Å². The maximum atomic E-state index is 11.7. The molecular formula is C14H12Cl3N3O2. The Morgan fingerprint density at radius 3 is 2.41 bits per heavy atom. The van der Waals surface area contributed by atoms with Crippen molar-refractivity contribution in [2.45, 2.75) is 6.92 Å². The maximum absolute atomic E-state index is 11.7. The lowest BCUT2D eigenvalue weighted by atomic mass is 10.1. The number of halogens is 3. The summed E-state index contributed by atoms with van der Waals surface area (Å²) in [5.41, 5.74) is 13.6. The van der Waals surface area contributed by atoms with E-state index in [9.17, 15) is 4.79 Å². The van der Waals surface area contributed by atoms with Gasteiger partial charge in [0.2, 0.25) is 0 Å². The van der Waals surface area contributed by atoms with Crippen LogP contribution in [-0.2, 0) is 4.74 Å². The molecule has 1 heterocycles. The normalized spacial score (nSPS) is 10.6. The molecule has 0 radical (unpaired) electrons. The fourth-order valence-corrected chi connectivity index (χ4v) is 2.50. The summed E-state index contributed by atoms with van der Waals surface area (Å²) in [6, 6.07) is 3.09. The average Bonchev–Trinajstić information content (AvgIpc) is 2.50. The number of carbonyl (C=O) groups is 1. The standard InChI is InChI=1S/C14H12Cl3N3O2/c1-5-7(15)3-6(12(19)10(5)16)9-4-8(18)11(17)13(20-9)14(21)22-2/h3-4H,19H2,1-2H3,(H2,18,20). The van der Waals surface area contributed by atoms with Gasteiger partial charge >= 0.3 is 5.97 Å². The number of hydrogen-bond donors (Lipinski definition) is 2. The van der Waals surface area contributed by atoms with Crippen molar-refractivity contribution < 1.29 is 9.53 Å². The molecule has 0 aliphatic rings. The van der Waals surface area contributed by atoms with Crippen LogP contribution in [-0.4, -0.2) is 18.1 Å². The highest BCUT2D eigenvalue weighted by Gasteiger charge is 2.20. The molecule has 0 amide bonds. The van der Waals surface area contributed by atoms with E-state index in [1.165, 1.54) is 13.2 Å². The van der Waals surface area contributed by atoms with E-state index in [0.29, 0.717) is 26.9 Å². The Kier molecular flexibility index (Phi) is 4.70. The van der Waals surface area contributed by atoms with Crippen LogP contribution in [0.4, 0.5) is 11.4 Å². The molecule has 0 spiro atoms. The van der Waals surface area contributed by atoms with Gasteiger partial charge in [-0.05, 0) is 24.6 Å². The average molecular weight is 361 g/mol. The monoisotopic (exact) mass is 359 g/mol. The van der Waals surface area contributed by atoms with Crippen LogP contribution in [0.2, 0.25) is 15.1 Å². The highest BCUT2D eigenvalue weighted by molar-refractivity contribution is 6.38. The Morgan fingerprint density at radius 2 is 1.82 bits per heavy atom. The third-order valence-electron chi connectivity index (χ3n) is 3.13. The van der Waals surface area contributed by atoms with Crippen molar-refractivity contribution >= 4 is 52.1 Å². The molecule has 116 valence electrons. The molecule has 5 nitrogen and oxygen atoms in total. The van der Waals surface area contributed by atoms with Crippen LogP contribution < -0.4 is 11.5 Å². The van der Waals surface area contributed by atoms with Gasteiger partial charge in [-0.25, -0.2) is 9.78 Å². The van der Waals surface area contributed by atoms with Crippen molar-refractivity contribution in [2.75, 3.05) is 18.6 Å². The molecule has 0 fully saturated rings. The number of esters is 1. The van der Waals surface area contributed by atoms with E-state index in [4.69, 9.17) is 46.3 Å². The molecule has 0 aliphatic heterocycles. The van der Waals surface area contributed by atoms with Crippen LogP contribution in [0, 0.1) is 6.92 Å². The van der Waals surface area contributed by atoms with Crippen molar-refractivity contribution in [3.8, 4) is 11.3 Å². The van der Waals surface area contributed by atoms with Gasteiger partial charge in [0.1, 0.15) is 0 Å². The van der Waals surface area contributed by atoms with E-state index in [2.05, 4.69) is 9.72 Å². The summed E-state index contributed by atoms with van der Waals surface area (Å²) in [5.74, 6) is -0.707. The number of methoxy groups -OCH3 is 1. The lowest BCUT2D eigenvalue weighted by Crippen LogP contribution is -2.08. The summed E-state index contributed by atoms with van der Waals surface area (Å²) < 4.78 is 4.63. The van der Waals surface area contributed by atoms with E-state index < -0.39 is 5.97 Å². The summed E-state index contributed by atoms with van der Waals surface area (Å²) in [6.07, 6.45) is 0. The van der Waals surface area contributed by atoms with Crippen LogP contribution in [0.25, 0.3) is 11.3 Å². The van der Waals surface area contributed by atoms with Crippen molar-refractivity contribution in [2.24, 2.45) is 0 Å². The number of pyridine rings is 1. The van der Waals surface area contributed by atoms with Gasteiger partial charge in [-0.1, -0.05) is 34.8 Å².